The zero-order valence-electron chi connectivity index (χ0n) is 30.2. The van der Waals surface area contributed by atoms with E-state index in [4.69, 9.17) is 0 Å². The van der Waals surface area contributed by atoms with E-state index in [2.05, 4.69) is 149 Å². The first-order valence-corrected chi connectivity index (χ1v) is 29.7. The van der Waals surface area contributed by atoms with Crippen molar-refractivity contribution in [3.63, 3.8) is 0 Å². The zero-order valence-corrected chi connectivity index (χ0v) is 38.7. The van der Waals surface area contributed by atoms with Crippen molar-refractivity contribution in [3.05, 3.63) is 154 Å². The molecule has 0 bridgehead atoms. The fraction of sp³-hybridized carbons (Fsp3) is 0.273. The van der Waals surface area contributed by atoms with Crippen LogP contribution in [0.5, 0.6) is 0 Å². The third-order valence-corrected chi connectivity index (χ3v) is 8.87. The Labute approximate surface area is 344 Å². The van der Waals surface area contributed by atoms with Gasteiger partial charge in [-0.1, -0.05) is 120 Å². The Kier molecular flexibility index (Phi) is 17.9. The van der Waals surface area contributed by atoms with Crippen LogP contribution in [0.15, 0.2) is 108 Å². The summed E-state index contributed by atoms with van der Waals surface area (Å²) in [5.41, 5.74) is 20.0. The first kappa shape index (κ1) is 43.0. The number of fused-ring (bicyclic) bond motifs is 6. The van der Waals surface area contributed by atoms with Gasteiger partial charge in [-0.05, 0) is 49.7 Å². The SMILES string of the molecule is CCC1=C(c2[c-]c3c(cc2)-c2ccccc2C3)CC=C1.CCC1=C(c2[c-]c3c(cc2)-c2ccccc2C3)CC=C1.C[Si](C)=[Zr].C[Si](C)=[Zr].[Cl-].[Cl-]. The Morgan fingerprint density at radius 3 is 1.26 bits per heavy atom. The molecule has 0 radical (unpaired) electrons. The van der Waals surface area contributed by atoms with Crippen LogP contribution in [0.4, 0.5) is 0 Å². The summed E-state index contributed by atoms with van der Waals surface area (Å²) in [6, 6.07) is 33.8. The van der Waals surface area contributed by atoms with E-state index in [0.29, 0.717) is 0 Å². The molecule has 6 heteroatoms. The van der Waals surface area contributed by atoms with Crippen LogP contribution < -0.4 is 24.8 Å². The van der Waals surface area contributed by atoms with E-state index in [1.54, 1.807) is 46.7 Å². The zero-order chi connectivity index (χ0) is 34.2. The quantitative estimate of drug-likeness (QED) is 0.152. The Morgan fingerprint density at radius 2 is 0.900 bits per heavy atom. The minimum Gasteiger partial charge on any atom is -1.00 e. The smallest absolute Gasteiger partial charge is 1.00 e. The van der Waals surface area contributed by atoms with Crippen molar-refractivity contribution in [2.24, 2.45) is 0 Å². The minimum atomic E-state index is 0. The molecule has 256 valence electrons. The van der Waals surface area contributed by atoms with E-state index >= 15 is 0 Å². The van der Waals surface area contributed by atoms with Crippen LogP contribution in [-0.2, 0) is 59.5 Å². The summed E-state index contributed by atoms with van der Waals surface area (Å²) in [7, 11) is 0. The molecule has 4 aliphatic carbocycles. The summed E-state index contributed by atoms with van der Waals surface area (Å²) >= 11 is 3.48. The van der Waals surface area contributed by atoms with Gasteiger partial charge in [-0.15, -0.1) is 69.8 Å². The molecule has 0 spiro atoms. The van der Waals surface area contributed by atoms with Crippen molar-refractivity contribution in [2.45, 2.75) is 78.6 Å². The second-order valence-electron chi connectivity index (χ2n) is 13.1. The van der Waals surface area contributed by atoms with Crippen molar-refractivity contribution in [1.29, 1.82) is 0 Å². The van der Waals surface area contributed by atoms with Crippen molar-refractivity contribution in [2.75, 3.05) is 0 Å². The Bertz CT molecular complexity index is 1830. The second kappa shape index (κ2) is 20.8. The van der Waals surface area contributed by atoms with E-state index in [1.807, 2.05) is 0 Å². The van der Waals surface area contributed by atoms with Gasteiger partial charge in [-0.3, -0.25) is 0 Å². The molecule has 0 aliphatic heterocycles. The molecule has 0 amide bonds. The summed E-state index contributed by atoms with van der Waals surface area (Å²) in [5, 5.41) is 0. The van der Waals surface area contributed by atoms with Gasteiger partial charge < -0.3 is 24.8 Å². The van der Waals surface area contributed by atoms with Gasteiger partial charge in [-0.2, -0.15) is 0 Å². The van der Waals surface area contributed by atoms with E-state index < -0.39 is 0 Å². The number of hydrogen-bond acceptors (Lipinski definition) is 0. The maximum absolute atomic E-state index is 3.68. The molecule has 0 N–H and O–H groups in total. The van der Waals surface area contributed by atoms with Gasteiger partial charge in [0.25, 0.3) is 0 Å². The van der Waals surface area contributed by atoms with Crippen molar-refractivity contribution >= 4 is 22.0 Å². The van der Waals surface area contributed by atoms with Gasteiger partial charge in [0.2, 0.25) is 0 Å². The second-order valence-corrected chi connectivity index (χ2v) is 31.9. The number of allylic oxidation sites excluding steroid dienone is 8. The third kappa shape index (κ3) is 10.8. The first-order chi connectivity index (χ1) is 23.2. The van der Waals surface area contributed by atoms with Crippen LogP contribution in [-0.4, -0.2) is 10.9 Å². The van der Waals surface area contributed by atoms with Crippen LogP contribution in [0.2, 0.25) is 26.2 Å². The molecule has 50 heavy (non-hydrogen) atoms. The van der Waals surface area contributed by atoms with Crippen LogP contribution in [0.25, 0.3) is 33.4 Å². The Morgan fingerprint density at radius 1 is 0.540 bits per heavy atom. The number of benzene rings is 4. The summed E-state index contributed by atoms with van der Waals surface area (Å²) in [4.78, 5) is 0. The van der Waals surface area contributed by atoms with Gasteiger partial charge in [-0.25, -0.2) is 0 Å². The first-order valence-electron chi connectivity index (χ1n) is 17.3. The average molecular weight is 884 g/mol. The average Bonchev–Trinajstić information content (AvgIpc) is 3.87. The number of rotatable bonds is 4. The largest absolute Gasteiger partial charge is 1.00 e. The molecule has 0 fully saturated rings. The molecule has 4 aromatic rings. The van der Waals surface area contributed by atoms with E-state index in [9.17, 15) is 0 Å². The maximum atomic E-state index is 3.68. The molecule has 0 saturated carbocycles. The van der Waals surface area contributed by atoms with Crippen LogP contribution in [0.3, 0.4) is 0 Å². The molecule has 8 rings (SSSR count). The molecule has 4 aliphatic rings. The fourth-order valence-electron chi connectivity index (χ4n) is 6.80. The van der Waals surface area contributed by atoms with Gasteiger partial charge in [0.15, 0.2) is 0 Å². The van der Waals surface area contributed by atoms with E-state index in [0.717, 1.165) is 38.5 Å². The van der Waals surface area contributed by atoms with Crippen LogP contribution >= 0.6 is 0 Å². The minimum absolute atomic E-state index is 0. The third-order valence-electron chi connectivity index (χ3n) is 8.87. The van der Waals surface area contributed by atoms with Gasteiger partial charge in [0.05, 0.1) is 0 Å². The summed E-state index contributed by atoms with van der Waals surface area (Å²) in [6.07, 6.45) is 15.5. The van der Waals surface area contributed by atoms with Crippen LogP contribution in [0, 0.1) is 12.1 Å². The molecule has 0 saturated heterocycles. The van der Waals surface area contributed by atoms with Crippen molar-refractivity contribution in [1.82, 2.24) is 0 Å². The van der Waals surface area contributed by atoms with Gasteiger partial charge in [0.1, 0.15) is 0 Å². The maximum Gasteiger partial charge on any atom is -1.00 e. The standard InChI is InChI=1S/2C20H17.2C2H6Si.2ClH.2Zr/c2*1-2-14-7-5-9-18(14)16-10-11-20-17(13-16)12-15-6-3-4-8-19(15)20;2*1-3-2;;;;/h2*3-8,10-11H,2,9,12H2,1H3;2*1-2H3;2*1H;;/q2*-1;;;;;;/p-2. The van der Waals surface area contributed by atoms with Gasteiger partial charge in [0, 0.05) is 0 Å². The molecule has 4 aromatic carbocycles. The monoisotopic (exact) mass is 880 g/mol. The van der Waals surface area contributed by atoms with E-state index in [1.165, 1.54) is 77.9 Å². The number of halogens is 2. The molecule has 0 unspecified atom stereocenters. The molecular formula is C44H46Cl2Si2Zr2-4. The summed E-state index contributed by atoms with van der Waals surface area (Å²) in [6.45, 7) is 13.7. The molecule has 0 atom stereocenters. The molecule has 0 nitrogen and oxygen atoms in total. The van der Waals surface area contributed by atoms with E-state index in [-0.39, 0.29) is 35.7 Å². The predicted molar refractivity (Wildman–Crippen MR) is 204 cm³/mol. The number of hydrogen-bond donors (Lipinski definition) is 0. The predicted octanol–water partition coefficient (Wildman–Crippen LogP) is 5.94. The van der Waals surface area contributed by atoms with Crippen LogP contribution in [0.1, 0.15) is 72.9 Å². The molecular weight excluding hydrogens is 838 g/mol. The van der Waals surface area contributed by atoms with Gasteiger partial charge >= 0.3 is 83.7 Å². The van der Waals surface area contributed by atoms with Crippen molar-refractivity contribution in [3.8, 4) is 22.3 Å². The normalized spacial score (nSPS) is 13.5. The fourth-order valence-corrected chi connectivity index (χ4v) is 6.80. The topological polar surface area (TPSA) is 0 Å². The summed E-state index contributed by atoms with van der Waals surface area (Å²) in [5.74, 6) is 0. The van der Waals surface area contributed by atoms with Crippen molar-refractivity contribution < 1.29 is 71.5 Å². The molecule has 0 aromatic heterocycles. The molecule has 0 heterocycles. The summed E-state index contributed by atoms with van der Waals surface area (Å²) < 4.78 is 0. The Balaban J connectivity index is 0.000000216. The Hall–Kier alpha value is -1.38.